The van der Waals surface area contributed by atoms with Gasteiger partial charge in [-0.1, -0.05) is 12.1 Å². The molecule has 106 valence electrons. The molecule has 0 spiro atoms. The minimum atomic E-state index is -2.77. The van der Waals surface area contributed by atoms with Crippen molar-refractivity contribution >= 4 is 0 Å². The summed E-state index contributed by atoms with van der Waals surface area (Å²) in [6, 6.07) is 6.73. The maximum absolute atomic E-state index is 12.0. The lowest BCUT2D eigenvalue weighted by Gasteiger charge is -2.22. The Morgan fingerprint density at radius 2 is 1.89 bits per heavy atom. The van der Waals surface area contributed by atoms with Crippen molar-refractivity contribution in [3.05, 3.63) is 29.8 Å². The summed E-state index contributed by atoms with van der Waals surface area (Å²) in [5, 5.41) is 3.39. The molecule has 1 saturated heterocycles. The molecule has 1 aromatic carbocycles. The average molecular weight is 271 g/mol. The van der Waals surface area contributed by atoms with Crippen LogP contribution in [0.2, 0.25) is 0 Å². The van der Waals surface area contributed by atoms with Crippen molar-refractivity contribution < 1.29 is 18.3 Å². The third-order valence-electron chi connectivity index (χ3n) is 3.25. The summed E-state index contributed by atoms with van der Waals surface area (Å²) in [7, 11) is 0. The molecule has 2 rings (SSSR count). The van der Waals surface area contributed by atoms with Crippen LogP contribution < -0.4 is 10.1 Å². The Morgan fingerprint density at radius 3 is 2.53 bits per heavy atom. The Labute approximate surface area is 111 Å². The first kappa shape index (κ1) is 14.2. The fourth-order valence-electron chi connectivity index (χ4n) is 2.16. The Morgan fingerprint density at radius 1 is 1.21 bits per heavy atom. The first-order chi connectivity index (χ1) is 9.24. The van der Waals surface area contributed by atoms with E-state index in [2.05, 4.69) is 10.1 Å². The van der Waals surface area contributed by atoms with Crippen LogP contribution in [0.25, 0.3) is 0 Å². The quantitative estimate of drug-likeness (QED) is 0.863. The van der Waals surface area contributed by atoms with E-state index in [4.69, 9.17) is 4.74 Å². The smallest absolute Gasteiger partial charge is 0.387 e. The summed E-state index contributed by atoms with van der Waals surface area (Å²) in [5.41, 5.74) is 1.06. The summed E-state index contributed by atoms with van der Waals surface area (Å²) in [6.07, 6.45) is 2.21. The van der Waals surface area contributed by atoms with Crippen molar-refractivity contribution in [1.82, 2.24) is 5.32 Å². The monoisotopic (exact) mass is 271 g/mol. The molecule has 1 N–H and O–H groups in total. The SMILES string of the molecule is FC(F)Oc1ccc(CNCC2CCOCC2)cc1. The number of benzene rings is 1. The van der Waals surface area contributed by atoms with Crippen LogP contribution in [0.1, 0.15) is 18.4 Å². The molecule has 1 aliphatic rings. The lowest BCUT2D eigenvalue weighted by atomic mass is 10.0. The number of rotatable bonds is 6. The lowest BCUT2D eigenvalue weighted by Crippen LogP contribution is -2.27. The molecule has 0 amide bonds. The lowest BCUT2D eigenvalue weighted by molar-refractivity contribution is -0.0498. The molecular formula is C14H19F2NO2. The molecule has 0 bridgehead atoms. The van der Waals surface area contributed by atoms with Crippen molar-refractivity contribution in [3.63, 3.8) is 0 Å². The molecule has 1 heterocycles. The largest absolute Gasteiger partial charge is 0.435 e. The zero-order valence-electron chi connectivity index (χ0n) is 10.8. The van der Waals surface area contributed by atoms with Gasteiger partial charge in [0.05, 0.1) is 0 Å². The maximum atomic E-state index is 12.0. The van der Waals surface area contributed by atoms with Crippen LogP contribution in [0.4, 0.5) is 8.78 Å². The fourth-order valence-corrected chi connectivity index (χ4v) is 2.16. The molecular weight excluding hydrogens is 252 g/mol. The molecule has 0 aromatic heterocycles. The highest BCUT2D eigenvalue weighted by molar-refractivity contribution is 5.27. The second kappa shape index (κ2) is 7.40. The molecule has 1 fully saturated rings. The summed E-state index contributed by atoms with van der Waals surface area (Å²) >= 11 is 0. The van der Waals surface area contributed by atoms with E-state index in [-0.39, 0.29) is 5.75 Å². The van der Waals surface area contributed by atoms with E-state index in [0.717, 1.165) is 44.7 Å². The van der Waals surface area contributed by atoms with E-state index in [1.54, 1.807) is 24.3 Å². The van der Waals surface area contributed by atoms with Crippen molar-refractivity contribution in [2.24, 2.45) is 5.92 Å². The van der Waals surface area contributed by atoms with Gasteiger partial charge in [0.15, 0.2) is 0 Å². The number of alkyl halides is 2. The normalized spacial score (nSPS) is 16.8. The second-order valence-corrected chi connectivity index (χ2v) is 4.71. The average Bonchev–Trinajstić information content (AvgIpc) is 2.41. The van der Waals surface area contributed by atoms with Gasteiger partial charge in [0.2, 0.25) is 0 Å². The van der Waals surface area contributed by atoms with Crippen LogP contribution in [0.5, 0.6) is 5.75 Å². The summed E-state index contributed by atoms with van der Waals surface area (Å²) < 4.78 is 33.6. The van der Waals surface area contributed by atoms with E-state index in [0.29, 0.717) is 5.92 Å². The first-order valence-corrected chi connectivity index (χ1v) is 6.56. The standard InChI is InChI=1S/C14H19F2NO2/c15-14(16)19-13-3-1-11(2-4-13)9-17-10-12-5-7-18-8-6-12/h1-4,12,14,17H,5-10H2. The number of hydrogen-bond donors (Lipinski definition) is 1. The van der Waals surface area contributed by atoms with Gasteiger partial charge in [-0.15, -0.1) is 0 Å². The molecule has 0 aliphatic carbocycles. The number of nitrogens with one attached hydrogen (secondary N) is 1. The van der Waals surface area contributed by atoms with Gasteiger partial charge in [0.1, 0.15) is 5.75 Å². The number of hydrogen-bond acceptors (Lipinski definition) is 3. The highest BCUT2D eigenvalue weighted by Crippen LogP contribution is 2.16. The Balaban J connectivity index is 1.70. The van der Waals surface area contributed by atoms with Crippen LogP contribution in [-0.2, 0) is 11.3 Å². The molecule has 0 radical (unpaired) electrons. The summed E-state index contributed by atoms with van der Waals surface area (Å²) in [4.78, 5) is 0. The predicted molar refractivity (Wildman–Crippen MR) is 68.3 cm³/mol. The van der Waals surface area contributed by atoms with Gasteiger partial charge in [0, 0.05) is 19.8 Å². The van der Waals surface area contributed by atoms with E-state index in [1.165, 1.54) is 0 Å². The maximum Gasteiger partial charge on any atom is 0.387 e. The Bertz CT molecular complexity index is 364. The zero-order valence-corrected chi connectivity index (χ0v) is 10.8. The highest BCUT2D eigenvalue weighted by atomic mass is 19.3. The van der Waals surface area contributed by atoms with Crippen LogP contribution in [0.3, 0.4) is 0 Å². The van der Waals surface area contributed by atoms with Crippen LogP contribution in [0.15, 0.2) is 24.3 Å². The molecule has 3 nitrogen and oxygen atoms in total. The third kappa shape index (κ3) is 5.12. The van der Waals surface area contributed by atoms with Gasteiger partial charge < -0.3 is 14.8 Å². The van der Waals surface area contributed by atoms with E-state index >= 15 is 0 Å². The summed E-state index contributed by atoms with van der Waals surface area (Å²) in [5.74, 6) is 0.873. The van der Waals surface area contributed by atoms with E-state index in [1.807, 2.05) is 0 Å². The van der Waals surface area contributed by atoms with Gasteiger partial charge in [-0.05, 0) is 43.0 Å². The number of halogens is 2. The molecule has 1 aromatic rings. The van der Waals surface area contributed by atoms with Gasteiger partial charge in [-0.3, -0.25) is 0 Å². The molecule has 0 saturated carbocycles. The van der Waals surface area contributed by atoms with Crippen molar-refractivity contribution in [2.45, 2.75) is 26.0 Å². The van der Waals surface area contributed by atoms with Gasteiger partial charge in [-0.25, -0.2) is 0 Å². The Kier molecular flexibility index (Phi) is 5.54. The van der Waals surface area contributed by atoms with Gasteiger partial charge >= 0.3 is 6.61 Å². The minimum absolute atomic E-state index is 0.197. The third-order valence-corrected chi connectivity index (χ3v) is 3.25. The Hall–Kier alpha value is -1.20. The summed E-state index contributed by atoms with van der Waals surface area (Å²) in [6.45, 7) is 0.653. The van der Waals surface area contributed by atoms with Gasteiger partial charge in [0.25, 0.3) is 0 Å². The first-order valence-electron chi connectivity index (χ1n) is 6.56. The number of ether oxygens (including phenoxy) is 2. The molecule has 19 heavy (non-hydrogen) atoms. The molecule has 1 aliphatic heterocycles. The fraction of sp³-hybridized carbons (Fsp3) is 0.571. The predicted octanol–water partition coefficient (Wildman–Crippen LogP) is 2.80. The van der Waals surface area contributed by atoms with E-state index < -0.39 is 6.61 Å². The van der Waals surface area contributed by atoms with Crippen molar-refractivity contribution in [2.75, 3.05) is 19.8 Å². The molecule has 5 heteroatoms. The van der Waals surface area contributed by atoms with Crippen molar-refractivity contribution in [1.29, 1.82) is 0 Å². The topological polar surface area (TPSA) is 30.5 Å². The van der Waals surface area contributed by atoms with Crippen LogP contribution >= 0.6 is 0 Å². The van der Waals surface area contributed by atoms with Gasteiger partial charge in [-0.2, -0.15) is 8.78 Å². The molecule has 0 atom stereocenters. The highest BCUT2D eigenvalue weighted by Gasteiger charge is 2.12. The zero-order chi connectivity index (χ0) is 13.5. The van der Waals surface area contributed by atoms with Crippen LogP contribution in [0, 0.1) is 5.92 Å². The second-order valence-electron chi connectivity index (χ2n) is 4.71. The molecule has 0 unspecified atom stereocenters. The van der Waals surface area contributed by atoms with Crippen molar-refractivity contribution in [3.8, 4) is 5.75 Å². The van der Waals surface area contributed by atoms with E-state index in [9.17, 15) is 8.78 Å². The van der Waals surface area contributed by atoms with Crippen LogP contribution in [-0.4, -0.2) is 26.4 Å². The minimum Gasteiger partial charge on any atom is -0.435 e.